The fourth-order valence-electron chi connectivity index (χ4n) is 2.12. The zero-order valence-corrected chi connectivity index (χ0v) is 11.5. The predicted molar refractivity (Wildman–Crippen MR) is 80.5 cm³/mol. The summed E-state index contributed by atoms with van der Waals surface area (Å²) in [5, 5.41) is 8.87. The standard InChI is InChI=1S/C16H18N4/c1-13(18)15-9-5-11-19-16(15)20(12-6-10-17)14-7-3-2-4-8-14/h2-5,7-9,11,13H,6,12,18H2,1H3. The fourth-order valence-corrected chi connectivity index (χ4v) is 2.12. The molecule has 0 spiro atoms. The minimum absolute atomic E-state index is 0.105. The van der Waals surface area contributed by atoms with Gasteiger partial charge in [0.25, 0.3) is 0 Å². The average molecular weight is 266 g/mol. The van der Waals surface area contributed by atoms with Gasteiger partial charge in [0.05, 0.1) is 12.5 Å². The quantitative estimate of drug-likeness (QED) is 0.902. The number of nitriles is 1. The summed E-state index contributed by atoms with van der Waals surface area (Å²) in [5.41, 5.74) is 8.03. The van der Waals surface area contributed by atoms with Crippen molar-refractivity contribution in [3.63, 3.8) is 0 Å². The lowest BCUT2D eigenvalue weighted by molar-refractivity contribution is 0.797. The third-order valence-corrected chi connectivity index (χ3v) is 3.08. The van der Waals surface area contributed by atoms with E-state index in [2.05, 4.69) is 11.1 Å². The maximum atomic E-state index is 8.87. The van der Waals surface area contributed by atoms with Crippen LogP contribution in [0.2, 0.25) is 0 Å². The molecule has 20 heavy (non-hydrogen) atoms. The van der Waals surface area contributed by atoms with Crippen LogP contribution in [0.25, 0.3) is 0 Å². The van der Waals surface area contributed by atoms with Crippen molar-refractivity contribution >= 4 is 11.5 Å². The molecule has 0 aliphatic rings. The van der Waals surface area contributed by atoms with Gasteiger partial charge in [-0.25, -0.2) is 4.98 Å². The van der Waals surface area contributed by atoms with Crippen LogP contribution in [0.1, 0.15) is 24.9 Å². The van der Waals surface area contributed by atoms with Gasteiger partial charge in [-0.2, -0.15) is 5.26 Å². The molecular weight excluding hydrogens is 248 g/mol. The van der Waals surface area contributed by atoms with Crippen molar-refractivity contribution in [2.45, 2.75) is 19.4 Å². The van der Waals surface area contributed by atoms with Gasteiger partial charge >= 0.3 is 0 Å². The second-order valence-electron chi connectivity index (χ2n) is 4.60. The Morgan fingerprint density at radius 2 is 2.00 bits per heavy atom. The Bertz CT molecular complexity index is 587. The zero-order chi connectivity index (χ0) is 14.4. The van der Waals surface area contributed by atoms with Gasteiger partial charge in [-0.1, -0.05) is 24.3 Å². The minimum atomic E-state index is -0.105. The summed E-state index contributed by atoms with van der Waals surface area (Å²) in [4.78, 5) is 6.51. The van der Waals surface area contributed by atoms with Crippen LogP contribution >= 0.6 is 0 Å². The minimum Gasteiger partial charge on any atom is -0.325 e. The van der Waals surface area contributed by atoms with Gasteiger partial charge < -0.3 is 10.6 Å². The molecule has 4 heteroatoms. The lowest BCUT2D eigenvalue weighted by atomic mass is 10.1. The van der Waals surface area contributed by atoms with Crippen molar-refractivity contribution in [3.8, 4) is 6.07 Å². The van der Waals surface area contributed by atoms with Crippen LogP contribution in [0.4, 0.5) is 11.5 Å². The van der Waals surface area contributed by atoms with Crippen LogP contribution < -0.4 is 10.6 Å². The van der Waals surface area contributed by atoms with E-state index in [9.17, 15) is 0 Å². The van der Waals surface area contributed by atoms with E-state index in [1.54, 1.807) is 6.20 Å². The average Bonchev–Trinajstić information content (AvgIpc) is 2.49. The summed E-state index contributed by atoms with van der Waals surface area (Å²) in [5.74, 6) is 0.823. The van der Waals surface area contributed by atoms with E-state index in [1.807, 2.05) is 54.3 Å². The summed E-state index contributed by atoms with van der Waals surface area (Å²) >= 11 is 0. The topological polar surface area (TPSA) is 65.9 Å². The lowest BCUT2D eigenvalue weighted by Crippen LogP contribution is -2.22. The summed E-state index contributed by atoms with van der Waals surface area (Å²) in [6, 6.07) is 15.9. The number of anilines is 2. The van der Waals surface area contributed by atoms with Crippen molar-refractivity contribution in [1.29, 1.82) is 5.26 Å². The molecule has 0 saturated heterocycles. The molecule has 0 radical (unpaired) electrons. The van der Waals surface area contributed by atoms with Crippen LogP contribution in [-0.2, 0) is 0 Å². The fraction of sp³-hybridized carbons (Fsp3) is 0.250. The molecule has 1 aromatic carbocycles. The van der Waals surface area contributed by atoms with Crippen LogP contribution in [0.3, 0.4) is 0 Å². The smallest absolute Gasteiger partial charge is 0.137 e. The molecule has 0 bridgehead atoms. The molecule has 2 aromatic rings. The number of pyridine rings is 1. The highest BCUT2D eigenvalue weighted by molar-refractivity contribution is 5.63. The van der Waals surface area contributed by atoms with E-state index < -0.39 is 0 Å². The third-order valence-electron chi connectivity index (χ3n) is 3.08. The van der Waals surface area contributed by atoms with Gasteiger partial charge in [0.2, 0.25) is 0 Å². The number of benzene rings is 1. The highest BCUT2D eigenvalue weighted by Crippen LogP contribution is 2.29. The SMILES string of the molecule is CC(N)c1cccnc1N(CCC#N)c1ccccc1. The molecule has 1 unspecified atom stereocenters. The number of hydrogen-bond donors (Lipinski definition) is 1. The Hall–Kier alpha value is -2.38. The molecule has 1 atom stereocenters. The van der Waals surface area contributed by atoms with Crippen molar-refractivity contribution in [2.24, 2.45) is 5.73 Å². The first-order chi connectivity index (χ1) is 9.74. The second-order valence-corrected chi connectivity index (χ2v) is 4.60. The Balaban J connectivity index is 2.45. The second kappa shape index (κ2) is 6.69. The highest BCUT2D eigenvalue weighted by Gasteiger charge is 2.16. The normalized spacial score (nSPS) is 11.7. The van der Waals surface area contributed by atoms with E-state index in [0.717, 1.165) is 17.1 Å². The van der Waals surface area contributed by atoms with E-state index >= 15 is 0 Å². The molecule has 102 valence electrons. The molecule has 0 saturated carbocycles. The third kappa shape index (κ3) is 3.14. The lowest BCUT2D eigenvalue weighted by Gasteiger charge is -2.26. The van der Waals surface area contributed by atoms with E-state index in [0.29, 0.717) is 13.0 Å². The van der Waals surface area contributed by atoms with Gasteiger partial charge in [-0.15, -0.1) is 0 Å². The van der Waals surface area contributed by atoms with Gasteiger partial charge in [0.15, 0.2) is 0 Å². The maximum Gasteiger partial charge on any atom is 0.137 e. The highest BCUT2D eigenvalue weighted by atomic mass is 15.2. The summed E-state index contributed by atoms with van der Waals surface area (Å²) in [6.45, 7) is 2.53. The first-order valence-corrected chi connectivity index (χ1v) is 6.64. The largest absolute Gasteiger partial charge is 0.325 e. The molecule has 0 fully saturated rings. The number of rotatable bonds is 5. The van der Waals surface area contributed by atoms with Crippen molar-refractivity contribution < 1.29 is 0 Å². The number of nitrogens with two attached hydrogens (primary N) is 1. The number of aromatic nitrogens is 1. The Labute approximate surface area is 119 Å². The Kier molecular flexibility index (Phi) is 4.70. The van der Waals surface area contributed by atoms with Crippen molar-refractivity contribution in [1.82, 2.24) is 4.98 Å². The first kappa shape index (κ1) is 14.0. The van der Waals surface area contributed by atoms with Gasteiger partial charge in [0, 0.05) is 30.0 Å². The summed E-state index contributed by atoms with van der Waals surface area (Å²) in [7, 11) is 0. The van der Waals surface area contributed by atoms with Crippen LogP contribution in [0.5, 0.6) is 0 Å². The maximum absolute atomic E-state index is 8.87. The van der Waals surface area contributed by atoms with Gasteiger partial charge in [-0.05, 0) is 25.1 Å². The molecule has 0 aliphatic heterocycles. The molecular formula is C16H18N4. The van der Waals surface area contributed by atoms with E-state index in [4.69, 9.17) is 11.0 Å². The molecule has 2 N–H and O–H groups in total. The zero-order valence-electron chi connectivity index (χ0n) is 11.5. The number of hydrogen-bond acceptors (Lipinski definition) is 4. The van der Waals surface area contributed by atoms with E-state index in [1.165, 1.54) is 0 Å². The molecule has 2 rings (SSSR count). The predicted octanol–water partition coefficient (Wildman–Crippen LogP) is 3.15. The summed E-state index contributed by atoms with van der Waals surface area (Å²) in [6.07, 6.45) is 2.19. The molecule has 0 aliphatic carbocycles. The first-order valence-electron chi connectivity index (χ1n) is 6.64. The molecule has 4 nitrogen and oxygen atoms in total. The number of nitrogens with zero attached hydrogens (tertiary/aromatic N) is 3. The van der Waals surface area contributed by atoms with Crippen LogP contribution in [-0.4, -0.2) is 11.5 Å². The van der Waals surface area contributed by atoms with Crippen molar-refractivity contribution in [3.05, 3.63) is 54.2 Å². The van der Waals surface area contributed by atoms with Crippen LogP contribution in [0, 0.1) is 11.3 Å². The Morgan fingerprint density at radius 3 is 2.65 bits per heavy atom. The van der Waals surface area contributed by atoms with E-state index in [-0.39, 0.29) is 6.04 Å². The van der Waals surface area contributed by atoms with Crippen LogP contribution in [0.15, 0.2) is 48.7 Å². The molecule has 1 heterocycles. The van der Waals surface area contributed by atoms with Gasteiger partial charge in [-0.3, -0.25) is 0 Å². The van der Waals surface area contributed by atoms with Crippen molar-refractivity contribution in [2.75, 3.05) is 11.4 Å². The molecule has 0 amide bonds. The summed E-state index contributed by atoms with van der Waals surface area (Å²) < 4.78 is 0. The molecule has 1 aromatic heterocycles. The monoisotopic (exact) mass is 266 g/mol. The number of para-hydroxylation sites is 1. The van der Waals surface area contributed by atoms with Gasteiger partial charge in [0.1, 0.15) is 5.82 Å². The Morgan fingerprint density at radius 1 is 1.25 bits per heavy atom.